The summed E-state index contributed by atoms with van der Waals surface area (Å²) in [5, 5.41) is 12.2. The van der Waals surface area contributed by atoms with E-state index in [2.05, 4.69) is 5.32 Å². The second-order valence-corrected chi connectivity index (χ2v) is 9.62. The maximum Gasteiger partial charge on any atom is 0.251 e. The lowest BCUT2D eigenvalue weighted by molar-refractivity contribution is -0.149. The lowest BCUT2D eigenvalue weighted by Crippen LogP contribution is -2.48. The smallest absolute Gasteiger partial charge is 0.251 e. The predicted octanol–water partition coefficient (Wildman–Crippen LogP) is 3.57. The molecular formula is C27H34FN3O4. The Morgan fingerprint density at radius 2 is 1.89 bits per heavy atom. The first-order valence-electron chi connectivity index (χ1n) is 12.1. The zero-order valence-corrected chi connectivity index (χ0v) is 20.3. The molecule has 0 aliphatic carbocycles. The van der Waals surface area contributed by atoms with E-state index in [4.69, 9.17) is 0 Å². The van der Waals surface area contributed by atoms with Gasteiger partial charge in [-0.05, 0) is 55.4 Å². The zero-order chi connectivity index (χ0) is 25.4. The van der Waals surface area contributed by atoms with Crippen LogP contribution in [0.15, 0.2) is 54.6 Å². The Bertz CT molecular complexity index is 1030. The number of hydrogen-bond donors (Lipinski definition) is 3. The van der Waals surface area contributed by atoms with Gasteiger partial charge in [-0.25, -0.2) is 9.87 Å². The van der Waals surface area contributed by atoms with Gasteiger partial charge in [0.15, 0.2) is 0 Å². The van der Waals surface area contributed by atoms with Crippen molar-refractivity contribution in [1.29, 1.82) is 0 Å². The molecule has 0 bridgehead atoms. The van der Waals surface area contributed by atoms with Crippen molar-refractivity contribution in [3.63, 3.8) is 0 Å². The maximum atomic E-state index is 13.7. The molecule has 1 fully saturated rings. The van der Waals surface area contributed by atoms with Crippen LogP contribution in [0.3, 0.4) is 0 Å². The van der Waals surface area contributed by atoms with Gasteiger partial charge >= 0.3 is 0 Å². The standard InChI is InChI=1S/C27H34FN3O4/c1-19(2)18-27(13-16-31(26(27)34)15-12-20-7-4-3-5-8-20)23(25(33)30-35)11-14-29-24(32)21-9-6-10-22(28)17-21/h3-10,17,19,23,35H,11-16,18H2,1-2H3,(H,29,32)(H,30,33)/t23?,27-/m1/s1. The number of amides is 3. The Morgan fingerprint density at radius 3 is 2.54 bits per heavy atom. The van der Waals surface area contributed by atoms with E-state index in [0.29, 0.717) is 32.4 Å². The van der Waals surface area contributed by atoms with Crippen molar-refractivity contribution in [2.24, 2.45) is 17.3 Å². The normalized spacial score (nSPS) is 18.5. The first-order valence-corrected chi connectivity index (χ1v) is 12.1. The summed E-state index contributed by atoms with van der Waals surface area (Å²) >= 11 is 0. The van der Waals surface area contributed by atoms with E-state index in [1.165, 1.54) is 18.2 Å². The molecule has 35 heavy (non-hydrogen) atoms. The number of hydroxylamine groups is 1. The number of nitrogens with one attached hydrogen (secondary N) is 2. The summed E-state index contributed by atoms with van der Waals surface area (Å²) < 4.78 is 13.5. The molecule has 2 aromatic rings. The molecule has 7 nitrogen and oxygen atoms in total. The first kappa shape index (κ1) is 26.3. The fourth-order valence-corrected chi connectivity index (χ4v) is 5.16. The molecule has 1 aliphatic heterocycles. The summed E-state index contributed by atoms with van der Waals surface area (Å²) in [6.07, 6.45) is 1.86. The van der Waals surface area contributed by atoms with Crippen LogP contribution in [0, 0.1) is 23.1 Å². The van der Waals surface area contributed by atoms with Gasteiger partial charge < -0.3 is 10.2 Å². The van der Waals surface area contributed by atoms with Crippen molar-refractivity contribution in [2.75, 3.05) is 19.6 Å². The second kappa shape index (κ2) is 11.9. The highest BCUT2D eigenvalue weighted by atomic mass is 19.1. The number of hydrogen-bond acceptors (Lipinski definition) is 4. The van der Waals surface area contributed by atoms with Crippen molar-refractivity contribution in [1.82, 2.24) is 15.7 Å². The quantitative estimate of drug-likeness (QED) is 0.336. The molecule has 0 saturated carbocycles. The van der Waals surface area contributed by atoms with Crippen LogP contribution in [0.5, 0.6) is 0 Å². The Labute approximate surface area is 205 Å². The van der Waals surface area contributed by atoms with Crippen molar-refractivity contribution in [2.45, 2.75) is 39.5 Å². The number of carbonyl (C=O) groups is 3. The predicted molar refractivity (Wildman–Crippen MR) is 130 cm³/mol. The van der Waals surface area contributed by atoms with Gasteiger partial charge in [-0.3, -0.25) is 19.6 Å². The number of likely N-dealkylation sites (tertiary alicyclic amines) is 1. The van der Waals surface area contributed by atoms with Crippen molar-refractivity contribution < 1.29 is 24.0 Å². The maximum absolute atomic E-state index is 13.7. The van der Waals surface area contributed by atoms with Crippen molar-refractivity contribution in [3.05, 3.63) is 71.5 Å². The van der Waals surface area contributed by atoms with Crippen LogP contribution in [0.25, 0.3) is 0 Å². The first-order chi connectivity index (χ1) is 16.8. The van der Waals surface area contributed by atoms with Crippen LogP contribution >= 0.6 is 0 Å². The van der Waals surface area contributed by atoms with Gasteiger partial charge in [0.05, 0.1) is 11.3 Å². The minimum Gasteiger partial charge on any atom is -0.352 e. The summed E-state index contributed by atoms with van der Waals surface area (Å²) in [6.45, 7) is 5.18. The lowest BCUT2D eigenvalue weighted by Gasteiger charge is -2.36. The second-order valence-electron chi connectivity index (χ2n) is 9.62. The van der Waals surface area contributed by atoms with Gasteiger partial charge in [-0.15, -0.1) is 0 Å². The van der Waals surface area contributed by atoms with E-state index in [9.17, 15) is 24.0 Å². The largest absolute Gasteiger partial charge is 0.352 e. The number of carbonyl (C=O) groups excluding carboxylic acids is 3. The Morgan fingerprint density at radius 1 is 1.14 bits per heavy atom. The Kier molecular flexibility index (Phi) is 8.98. The fourth-order valence-electron chi connectivity index (χ4n) is 5.16. The molecule has 3 amide bonds. The summed E-state index contributed by atoms with van der Waals surface area (Å²) in [6, 6.07) is 15.3. The fraction of sp³-hybridized carbons (Fsp3) is 0.444. The summed E-state index contributed by atoms with van der Waals surface area (Å²) in [5.74, 6) is -2.39. The summed E-state index contributed by atoms with van der Waals surface area (Å²) in [7, 11) is 0. The van der Waals surface area contributed by atoms with Crippen molar-refractivity contribution >= 4 is 17.7 Å². The number of benzene rings is 2. The van der Waals surface area contributed by atoms with E-state index in [-0.39, 0.29) is 30.4 Å². The van der Waals surface area contributed by atoms with Crippen LogP contribution in [-0.2, 0) is 16.0 Å². The third-order valence-electron chi connectivity index (χ3n) is 6.73. The topological polar surface area (TPSA) is 98.7 Å². The van der Waals surface area contributed by atoms with Gasteiger partial charge in [0, 0.05) is 25.2 Å². The van der Waals surface area contributed by atoms with Gasteiger partial charge in [0.1, 0.15) is 5.82 Å². The van der Waals surface area contributed by atoms with Crippen LogP contribution in [0.4, 0.5) is 4.39 Å². The summed E-state index contributed by atoms with van der Waals surface area (Å²) in [4.78, 5) is 40.8. The van der Waals surface area contributed by atoms with E-state index in [1.54, 1.807) is 10.4 Å². The van der Waals surface area contributed by atoms with E-state index < -0.39 is 29.0 Å². The van der Waals surface area contributed by atoms with Gasteiger partial charge in [-0.1, -0.05) is 50.2 Å². The third kappa shape index (κ3) is 6.45. The molecule has 1 saturated heterocycles. The molecule has 0 radical (unpaired) electrons. The highest BCUT2D eigenvalue weighted by Crippen LogP contribution is 2.46. The minimum atomic E-state index is -0.971. The Balaban J connectivity index is 1.74. The van der Waals surface area contributed by atoms with Crippen LogP contribution in [-0.4, -0.2) is 47.5 Å². The van der Waals surface area contributed by atoms with Crippen LogP contribution in [0.2, 0.25) is 0 Å². The van der Waals surface area contributed by atoms with E-state index >= 15 is 0 Å². The van der Waals surface area contributed by atoms with Crippen LogP contribution in [0.1, 0.15) is 49.0 Å². The molecule has 3 N–H and O–H groups in total. The molecule has 8 heteroatoms. The lowest BCUT2D eigenvalue weighted by atomic mass is 9.67. The molecular weight excluding hydrogens is 449 g/mol. The minimum absolute atomic E-state index is 0.0906. The highest BCUT2D eigenvalue weighted by Gasteiger charge is 2.54. The average molecular weight is 484 g/mol. The molecule has 0 spiro atoms. The Hall–Kier alpha value is -3.26. The van der Waals surface area contributed by atoms with Gasteiger partial charge in [-0.2, -0.15) is 0 Å². The molecule has 2 aromatic carbocycles. The van der Waals surface area contributed by atoms with E-state index in [0.717, 1.165) is 11.6 Å². The van der Waals surface area contributed by atoms with E-state index in [1.807, 2.05) is 44.2 Å². The number of nitrogens with zero attached hydrogens (tertiary/aromatic N) is 1. The SMILES string of the molecule is CC(C)C[C@@]1(C(CCNC(=O)c2cccc(F)c2)C(=O)NO)CCN(CCc2ccccc2)C1=O. The molecule has 0 aromatic heterocycles. The number of halogens is 1. The molecule has 1 unspecified atom stereocenters. The molecule has 1 aliphatic rings. The average Bonchev–Trinajstić information content (AvgIpc) is 3.15. The third-order valence-corrected chi connectivity index (χ3v) is 6.73. The molecule has 188 valence electrons. The van der Waals surface area contributed by atoms with Crippen LogP contribution < -0.4 is 10.8 Å². The molecule has 3 rings (SSSR count). The summed E-state index contributed by atoms with van der Waals surface area (Å²) in [5.41, 5.74) is 2.07. The molecule has 2 atom stereocenters. The van der Waals surface area contributed by atoms with Gasteiger partial charge in [0.25, 0.3) is 5.91 Å². The number of rotatable bonds is 11. The van der Waals surface area contributed by atoms with Crippen molar-refractivity contribution in [3.8, 4) is 0 Å². The van der Waals surface area contributed by atoms with Gasteiger partial charge in [0.2, 0.25) is 11.8 Å². The monoisotopic (exact) mass is 483 g/mol. The highest BCUT2D eigenvalue weighted by molar-refractivity contribution is 5.94. The molecule has 1 heterocycles. The zero-order valence-electron chi connectivity index (χ0n) is 20.3.